The molecule has 162 valence electrons. The number of carbonyl (C=O) groups is 1. The zero-order valence-corrected chi connectivity index (χ0v) is 17.9. The fourth-order valence-corrected chi connectivity index (χ4v) is 3.32. The summed E-state index contributed by atoms with van der Waals surface area (Å²) in [5, 5.41) is 13.4. The molecule has 6 nitrogen and oxygen atoms in total. The van der Waals surface area contributed by atoms with Gasteiger partial charge in [-0.25, -0.2) is 4.39 Å². The normalized spacial score (nSPS) is 10.7. The number of pyridine rings is 1. The van der Waals surface area contributed by atoms with Crippen molar-refractivity contribution in [3.05, 3.63) is 80.9 Å². The van der Waals surface area contributed by atoms with Gasteiger partial charge in [-0.3, -0.25) is 9.59 Å². The predicted molar refractivity (Wildman–Crippen MR) is 117 cm³/mol. The number of rotatable bonds is 7. The third-order valence-corrected chi connectivity index (χ3v) is 5.00. The van der Waals surface area contributed by atoms with Gasteiger partial charge in [0, 0.05) is 19.2 Å². The van der Waals surface area contributed by atoms with Crippen molar-refractivity contribution in [3.63, 3.8) is 0 Å². The van der Waals surface area contributed by atoms with Gasteiger partial charge < -0.3 is 19.7 Å². The number of aromatic nitrogens is 1. The molecule has 3 rings (SSSR count). The maximum atomic E-state index is 13.8. The number of nitrogens with zero attached hydrogens (tertiary/aromatic N) is 1. The molecule has 2 N–H and O–H groups in total. The molecule has 3 aromatic rings. The first-order valence-electron chi connectivity index (χ1n) is 9.64. The van der Waals surface area contributed by atoms with Crippen LogP contribution in [0, 0.1) is 12.7 Å². The Labute approximate surface area is 183 Å². The summed E-state index contributed by atoms with van der Waals surface area (Å²) in [7, 11) is 1.45. The molecule has 1 aromatic heterocycles. The van der Waals surface area contributed by atoms with Crippen LogP contribution in [-0.2, 0) is 7.05 Å². The highest BCUT2D eigenvalue weighted by atomic mass is 35.5. The van der Waals surface area contributed by atoms with Gasteiger partial charge in [-0.1, -0.05) is 23.7 Å². The minimum atomic E-state index is -0.744. The van der Waals surface area contributed by atoms with Crippen LogP contribution in [0.3, 0.4) is 0 Å². The van der Waals surface area contributed by atoms with Crippen molar-refractivity contribution in [1.82, 2.24) is 9.88 Å². The first-order chi connectivity index (χ1) is 14.8. The summed E-state index contributed by atoms with van der Waals surface area (Å²) < 4.78 is 20.6. The van der Waals surface area contributed by atoms with E-state index < -0.39 is 23.0 Å². The lowest BCUT2D eigenvalue weighted by atomic mass is 10.0. The number of para-hydroxylation sites is 1. The summed E-state index contributed by atoms with van der Waals surface area (Å²) >= 11 is 6.02. The summed E-state index contributed by atoms with van der Waals surface area (Å²) in [6.07, 6.45) is 0.485. The van der Waals surface area contributed by atoms with Gasteiger partial charge in [-0.05, 0) is 55.3 Å². The molecular weight excluding hydrogens is 423 g/mol. The molecule has 0 saturated carbocycles. The van der Waals surface area contributed by atoms with Gasteiger partial charge >= 0.3 is 0 Å². The number of aromatic hydroxyl groups is 1. The third kappa shape index (κ3) is 5.24. The van der Waals surface area contributed by atoms with Gasteiger partial charge in [0.15, 0.2) is 5.75 Å². The van der Waals surface area contributed by atoms with E-state index in [0.717, 1.165) is 0 Å². The van der Waals surface area contributed by atoms with Gasteiger partial charge in [-0.2, -0.15) is 0 Å². The van der Waals surface area contributed by atoms with Gasteiger partial charge in [0.25, 0.3) is 11.5 Å². The molecule has 2 aromatic carbocycles. The highest BCUT2D eigenvalue weighted by Gasteiger charge is 2.19. The van der Waals surface area contributed by atoms with Crippen molar-refractivity contribution >= 4 is 17.5 Å². The minimum absolute atomic E-state index is 0.174. The summed E-state index contributed by atoms with van der Waals surface area (Å²) in [5.41, 5.74) is 0.496. The lowest BCUT2D eigenvalue weighted by molar-refractivity contribution is 0.0948. The maximum absolute atomic E-state index is 13.8. The quantitative estimate of drug-likeness (QED) is 0.538. The van der Waals surface area contributed by atoms with Crippen LogP contribution in [0.15, 0.2) is 53.3 Å². The molecule has 0 spiro atoms. The number of amides is 1. The van der Waals surface area contributed by atoms with Crippen molar-refractivity contribution in [1.29, 1.82) is 0 Å². The molecule has 8 heteroatoms. The van der Waals surface area contributed by atoms with Crippen molar-refractivity contribution in [2.45, 2.75) is 13.3 Å². The van der Waals surface area contributed by atoms with E-state index in [-0.39, 0.29) is 12.1 Å². The first-order valence-corrected chi connectivity index (χ1v) is 10.0. The van der Waals surface area contributed by atoms with E-state index in [2.05, 4.69) is 5.32 Å². The van der Waals surface area contributed by atoms with Crippen LogP contribution < -0.4 is 15.6 Å². The van der Waals surface area contributed by atoms with E-state index in [1.807, 2.05) is 0 Å². The fourth-order valence-electron chi connectivity index (χ4n) is 3.13. The lowest BCUT2D eigenvalue weighted by Gasteiger charge is -2.14. The van der Waals surface area contributed by atoms with Crippen molar-refractivity contribution in [2.24, 2.45) is 7.05 Å². The number of carbonyl (C=O) groups excluding carboxylic acids is 1. The molecule has 0 atom stereocenters. The lowest BCUT2D eigenvalue weighted by Crippen LogP contribution is -2.29. The Hall–Kier alpha value is -3.32. The first kappa shape index (κ1) is 22.4. The molecule has 0 unspecified atom stereocenters. The topological polar surface area (TPSA) is 80.6 Å². The van der Waals surface area contributed by atoms with Crippen molar-refractivity contribution < 1.29 is 19.0 Å². The molecule has 1 amide bonds. The molecule has 0 aliphatic carbocycles. The Bertz CT molecular complexity index is 1160. The van der Waals surface area contributed by atoms with Crippen LogP contribution in [0.1, 0.15) is 22.3 Å². The van der Waals surface area contributed by atoms with E-state index in [4.69, 9.17) is 16.3 Å². The minimum Gasteiger partial charge on any atom is -0.502 e. The van der Waals surface area contributed by atoms with Crippen LogP contribution >= 0.6 is 11.6 Å². The number of hydrogen-bond donors (Lipinski definition) is 2. The zero-order valence-electron chi connectivity index (χ0n) is 17.1. The Morgan fingerprint density at radius 2 is 1.97 bits per heavy atom. The highest BCUT2D eigenvalue weighted by molar-refractivity contribution is 6.32. The molecule has 0 aliphatic rings. The molecule has 31 heavy (non-hydrogen) atoms. The van der Waals surface area contributed by atoms with E-state index in [0.29, 0.717) is 40.6 Å². The number of benzene rings is 2. The van der Waals surface area contributed by atoms with E-state index >= 15 is 0 Å². The second-order valence-corrected chi connectivity index (χ2v) is 7.47. The highest BCUT2D eigenvalue weighted by Crippen LogP contribution is 2.25. The Balaban J connectivity index is 1.71. The Morgan fingerprint density at radius 1 is 1.23 bits per heavy atom. The SMILES string of the molecule is Cc1cc(F)cc(-c2cc(C(=O)NCCCOc3ccccc3Cl)c(O)c(=O)n2C)c1. The van der Waals surface area contributed by atoms with Crippen LogP contribution in [-0.4, -0.2) is 28.7 Å². The molecule has 0 aliphatic heterocycles. The summed E-state index contributed by atoms with van der Waals surface area (Å²) in [6, 6.07) is 12.8. The average molecular weight is 445 g/mol. The Morgan fingerprint density at radius 3 is 2.68 bits per heavy atom. The number of aryl methyl sites for hydroxylation is 1. The van der Waals surface area contributed by atoms with Gasteiger partial charge in [0.05, 0.1) is 22.9 Å². The zero-order chi connectivity index (χ0) is 22.5. The van der Waals surface area contributed by atoms with E-state index in [1.54, 1.807) is 37.3 Å². The second-order valence-electron chi connectivity index (χ2n) is 7.06. The monoisotopic (exact) mass is 444 g/mol. The van der Waals surface area contributed by atoms with Crippen LogP contribution in [0.2, 0.25) is 5.02 Å². The van der Waals surface area contributed by atoms with Gasteiger partial charge in [-0.15, -0.1) is 0 Å². The maximum Gasteiger partial charge on any atom is 0.293 e. The average Bonchev–Trinajstić information content (AvgIpc) is 2.72. The van der Waals surface area contributed by atoms with Gasteiger partial charge in [0.2, 0.25) is 0 Å². The number of ether oxygens (including phenoxy) is 1. The molecule has 1 heterocycles. The van der Waals surface area contributed by atoms with Crippen molar-refractivity contribution in [2.75, 3.05) is 13.2 Å². The molecule has 0 bridgehead atoms. The fraction of sp³-hybridized carbons (Fsp3) is 0.217. The van der Waals surface area contributed by atoms with Crippen LogP contribution in [0.4, 0.5) is 4.39 Å². The van der Waals surface area contributed by atoms with Crippen molar-refractivity contribution in [3.8, 4) is 22.8 Å². The molecule has 0 fully saturated rings. The number of nitrogens with one attached hydrogen (secondary N) is 1. The van der Waals surface area contributed by atoms with Crippen LogP contribution in [0.25, 0.3) is 11.3 Å². The standard InChI is InChI=1S/C23H22ClFN2O4/c1-14-10-15(12-16(25)11-14)19-13-17(21(28)23(30)27(19)2)22(29)26-8-5-9-31-20-7-4-3-6-18(20)24/h3-4,6-7,10-13,28H,5,8-9H2,1-2H3,(H,26,29). The number of halogens is 2. The number of hydrogen-bond acceptors (Lipinski definition) is 4. The van der Waals surface area contributed by atoms with Gasteiger partial charge in [0.1, 0.15) is 11.6 Å². The largest absolute Gasteiger partial charge is 0.502 e. The smallest absolute Gasteiger partial charge is 0.293 e. The van der Waals surface area contributed by atoms with E-state index in [9.17, 15) is 19.1 Å². The third-order valence-electron chi connectivity index (χ3n) is 4.69. The summed E-state index contributed by atoms with van der Waals surface area (Å²) in [5.74, 6) is -1.18. The molecular formula is C23H22ClFN2O4. The molecule has 0 saturated heterocycles. The molecule has 0 radical (unpaired) electrons. The summed E-state index contributed by atoms with van der Waals surface area (Å²) in [6.45, 7) is 2.30. The predicted octanol–water partition coefficient (Wildman–Crippen LogP) is 4.06. The second kappa shape index (κ2) is 9.66. The Kier molecular flexibility index (Phi) is 6.97. The van der Waals surface area contributed by atoms with E-state index in [1.165, 1.54) is 29.8 Å². The summed E-state index contributed by atoms with van der Waals surface area (Å²) in [4.78, 5) is 25.0. The van der Waals surface area contributed by atoms with Crippen LogP contribution in [0.5, 0.6) is 11.5 Å².